The summed E-state index contributed by atoms with van der Waals surface area (Å²) in [5, 5.41) is 3.41. The highest BCUT2D eigenvalue weighted by Crippen LogP contribution is 2.29. The number of carbonyl (C=O) groups excluding carboxylic acids is 1. The van der Waals surface area contributed by atoms with Gasteiger partial charge in [-0.15, -0.1) is 0 Å². The second-order valence-corrected chi connectivity index (χ2v) is 5.26. The molecule has 2 rings (SSSR count). The smallest absolute Gasteiger partial charge is 0.322 e. The molecule has 2 fully saturated rings. The van der Waals surface area contributed by atoms with Crippen LogP contribution < -0.4 is 5.32 Å². The van der Waals surface area contributed by atoms with Crippen LogP contribution in [0.15, 0.2) is 0 Å². The first kappa shape index (κ1) is 11.9. The van der Waals surface area contributed by atoms with E-state index >= 15 is 0 Å². The van der Waals surface area contributed by atoms with E-state index in [-0.39, 0.29) is 12.0 Å². The van der Waals surface area contributed by atoms with Gasteiger partial charge in [0.25, 0.3) is 0 Å². The van der Waals surface area contributed by atoms with Crippen molar-refractivity contribution in [3.8, 4) is 0 Å². The summed E-state index contributed by atoms with van der Waals surface area (Å²) in [5.41, 5.74) is 0. The van der Waals surface area contributed by atoms with Crippen molar-refractivity contribution in [2.24, 2.45) is 5.92 Å². The average molecular weight is 225 g/mol. The standard InChI is InChI=1S/C13H23NO2/c1-16-13(15)12(14-11-7-8-11)9-10-5-3-2-4-6-10/h10-12,14H,2-9H2,1H3. The van der Waals surface area contributed by atoms with Gasteiger partial charge in [-0.25, -0.2) is 0 Å². The first-order valence-corrected chi connectivity index (χ1v) is 6.63. The second-order valence-electron chi connectivity index (χ2n) is 5.26. The van der Waals surface area contributed by atoms with Gasteiger partial charge >= 0.3 is 5.97 Å². The molecule has 3 nitrogen and oxygen atoms in total. The van der Waals surface area contributed by atoms with E-state index < -0.39 is 0 Å². The third-order valence-corrected chi connectivity index (χ3v) is 3.79. The van der Waals surface area contributed by atoms with Crippen LogP contribution in [0.4, 0.5) is 0 Å². The summed E-state index contributed by atoms with van der Waals surface area (Å²) in [7, 11) is 1.49. The van der Waals surface area contributed by atoms with Crippen LogP contribution >= 0.6 is 0 Å². The lowest BCUT2D eigenvalue weighted by molar-refractivity contribution is -0.143. The molecule has 0 spiro atoms. The Balaban J connectivity index is 1.81. The van der Waals surface area contributed by atoms with Gasteiger partial charge in [0.15, 0.2) is 0 Å². The molecule has 1 atom stereocenters. The normalized spacial score (nSPS) is 24.1. The second kappa shape index (κ2) is 5.67. The van der Waals surface area contributed by atoms with E-state index in [1.165, 1.54) is 52.1 Å². The maximum atomic E-state index is 11.7. The molecule has 0 bridgehead atoms. The molecule has 0 aliphatic heterocycles. The van der Waals surface area contributed by atoms with Crippen molar-refractivity contribution >= 4 is 5.97 Å². The van der Waals surface area contributed by atoms with Gasteiger partial charge < -0.3 is 10.1 Å². The van der Waals surface area contributed by atoms with E-state index in [2.05, 4.69) is 5.32 Å². The summed E-state index contributed by atoms with van der Waals surface area (Å²) in [5.74, 6) is 0.654. The fourth-order valence-electron chi connectivity index (χ4n) is 2.67. The molecule has 2 saturated carbocycles. The van der Waals surface area contributed by atoms with Crippen molar-refractivity contribution in [2.45, 2.75) is 63.5 Å². The number of esters is 1. The fraction of sp³-hybridized carbons (Fsp3) is 0.923. The molecule has 1 N–H and O–H groups in total. The van der Waals surface area contributed by atoms with Crippen molar-refractivity contribution in [3.63, 3.8) is 0 Å². The average Bonchev–Trinajstić information content (AvgIpc) is 3.12. The van der Waals surface area contributed by atoms with Crippen LogP contribution in [0.1, 0.15) is 51.4 Å². The van der Waals surface area contributed by atoms with Gasteiger partial charge in [0.1, 0.15) is 6.04 Å². The predicted octanol–water partition coefficient (Wildman–Crippen LogP) is 2.25. The Kier molecular flexibility index (Phi) is 4.22. The predicted molar refractivity (Wildman–Crippen MR) is 63.2 cm³/mol. The molecular formula is C13H23NO2. The molecule has 0 radical (unpaired) electrons. The number of nitrogens with one attached hydrogen (secondary N) is 1. The first-order valence-electron chi connectivity index (χ1n) is 6.63. The van der Waals surface area contributed by atoms with Crippen LogP contribution in [0.5, 0.6) is 0 Å². The molecule has 2 aliphatic carbocycles. The summed E-state index contributed by atoms with van der Waals surface area (Å²) in [6.45, 7) is 0. The number of rotatable bonds is 5. The number of carbonyl (C=O) groups is 1. The number of hydrogen-bond acceptors (Lipinski definition) is 3. The van der Waals surface area contributed by atoms with E-state index in [1.807, 2.05) is 0 Å². The van der Waals surface area contributed by atoms with Gasteiger partial charge in [0, 0.05) is 6.04 Å². The highest BCUT2D eigenvalue weighted by atomic mass is 16.5. The molecule has 0 aromatic rings. The maximum Gasteiger partial charge on any atom is 0.322 e. The van der Waals surface area contributed by atoms with Crippen LogP contribution in [0.2, 0.25) is 0 Å². The van der Waals surface area contributed by atoms with Crippen molar-refractivity contribution in [1.29, 1.82) is 0 Å². The zero-order valence-corrected chi connectivity index (χ0v) is 10.2. The van der Waals surface area contributed by atoms with E-state index in [0.29, 0.717) is 6.04 Å². The van der Waals surface area contributed by atoms with Crippen LogP contribution in [0.25, 0.3) is 0 Å². The Morgan fingerprint density at radius 3 is 2.50 bits per heavy atom. The number of hydrogen-bond donors (Lipinski definition) is 1. The minimum atomic E-state index is -0.0718. The molecule has 3 heteroatoms. The summed E-state index contributed by atoms with van der Waals surface area (Å²) in [6, 6.07) is 0.522. The highest BCUT2D eigenvalue weighted by molar-refractivity contribution is 5.75. The molecule has 16 heavy (non-hydrogen) atoms. The SMILES string of the molecule is COC(=O)C(CC1CCCCC1)NC1CC1. The van der Waals surface area contributed by atoms with Crippen LogP contribution in [0, 0.1) is 5.92 Å². The molecule has 0 aromatic carbocycles. The molecule has 92 valence electrons. The van der Waals surface area contributed by atoms with Gasteiger partial charge in [0.2, 0.25) is 0 Å². The van der Waals surface area contributed by atoms with Crippen LogP contribution in [0.3, 0.4) is 0 Å². The zero-order chi connectivity index (χ0) is 11.4. The Morgan fingerprint density at radius 2 is 1.94 bits per heavy atom. The monoisotopic (exact) mass is 225 g/mol. The minimum Gasteiger partial charge on any atom is -0.468 e. The summed E-state index contributed by atoms with van der Waals surface area (Å²) < 4.78 is 4.88. The van der Waals surface area contributed by atoms with Gasteiger partial charge in [-0.1, -0.05) is 32.1 Å². The minimum absolute atomic E-state index is 0.0550. The highest BCUT2D eigenvalue weighted by Gasteiger charge is 2.31. The number of methoxy groups -OCH3 is 1. The largest absolute Gasteiger partial charge is 0.468 e. The number of ether oxygens (including phenoxy) is 1. The van der Waals surface area contributed by atoms with Crippen LogP contribution in [-0.2, 0) is 9.53 Å². The fourth-order valence-corrected chi connectivity index (χ4v) is 2.67. The van der Waals surface area contributed by atoms with Crippen molar-refractivity contribution in [3.05, 3.63) is 0 Å². The van der Waals surface area contributed by atoms with Crippen molar-refractivity contribution in [1.82, 2.24) is 5.32 Å². The van der Waals surface area contributed by atoms with E-state index in [9.17, 15) is 4.79 Å². The lowest BCUT2D eigenvalue weighted by atomic mass is 9.85. The molecule has 2 aliphatic rings. The zero-order valence-electron chi connectivity index (χ0n) is 10.2. The van der Waals surface area contributed by atoms with Crippen LogP contribution in [-0.4, -0.2) is 25.2 Å². The Hall–Kier alpha value is -0.570. The van der Waals surface area contributed by atoms with E-state index in [0.717, 1.165) is 12.3 Å². The maximum absolute atomic E-state index is 11.7. The van der Waals surface area contributed by atoms with Crippen molar-refractivity contribution < 1.29 is 9.53 Å². The molecule has 0 aromatic heterocycles. The summed E-state index contributed by atoms with van der Waals surface area (Å²) >= 11 is 0. The molecule has 0 amide bonds. The lowest BCUT2D eigenvalue weighted by Gasteiger charge is -2.25. The third kappa shape index (κ3) is 3.48. The van der Waals surface area contributed by atoms with Gasteiger partial charge in [-0.2, -0.15) is 0 Å². The Labute approximate surface area is 97.9 Å². The topological polar surface area (TPSA) is 38.3 Å². The molecule has 0 saturated heterocycles. The quantitative estimate of drug-likeness (QED) is 0.729. The Morgan fingerprint density at radius 1 is 1.25 bits per heavy atom. The molecule has 0 heterocycles. The van der Waals surface area contributed by atoms with E-state index in [1.54, 1.807) is 0 Å². The Bertz CT molecular complexity index is 232. The van der Waals surface area contributed by atoms with E-state index in [4.69, 9.17) is 4.74 Å². The molecular weight excluding hydrogens is 202 g/mol. The van der Waals surface area contributed by atoms with Gasteiger partial charge in [-0.3, -0.25) is 4.79 Å². The molecule has 1 unspecified atom stereocenters. The summed E-state index contributed by atoms with van der Waals surface area (Å²) in [6.07, 6.45) is 10.0. The summed E-state index contributed by atoms with van der Waals surface area (Å²) in [4.78, 5) is 11.7. The van der Waals surface area contributed by atoms with Gasteiger partial charge in [-0.05, 0) is 25.2 Å². The third-order valence-electron chi connectivity index (χ3n) is 3.79. The van der Waals surface area contributed by atoms with Crippen molar-refractivity contribution in [2.75, 3.05) is 7.11 Å². The lowest BCUT2D eigenvalue weighted by Crippen LogP contribution is -2.40. The van der Waals surface area contributed by atoms with Gasteiger partial charge in [0.05, 0.1) is 7.11 Å². The first-order chi connectivity index (χ1) is 7.79.